The molecule has 0 radical (unpaired) electrons. The molecule has 1 aliphatic heterocycles. The van der Waals surface area contributed by atoms with Crippen molar-refractivity contribution in [2.24, 2.45) is 11.3 Å². The molecular formula is C14H16N2O4. The summed E-state index contributed by atoms with van der Waals surface area (Å²) in [5.74, 6) is -2.18. The van der Waals surface area contributed by atoms with Crippen molar-refractivity contribution >= 4 is 17.8 Å². The highest BCUT2D eigenvalue weighted by atomic mass is 16.4. The number of carbonyl (C=O) groups is 3. The summed E-state index contributed by atoms with van der Waals surface area (Å²) in [6.45, 7) is 1.85. The molecule has 106 valence electrons. The molecule has 4 unspecified atom stereocenters. The molecule has 3 N–H and O–H groups in total. The summed E-state index contributed by atoms with van der Waals surface area (Å²) in [6.07, 6.45) is 6.51. The van der Waals surface area contributed by atoms with E-state index in [0.29, 0.717) is 0 Å². The van der Waals surface area contributed by atoms with E-state index in [1.807, 2.05) is 25.2 Å². The third-order valence-electron chi connectivity index (χ3n) is 4.65. The van der Waals surface area contributed by atoms with E-state index in [2.05, 4.69) is 10.6 Å². The average Bonchev–Trinajstić information content (AvgIpc) is 2.61. The smallest absolute Gasteiger partial charge is 0.309 e. The van der Waals surface area contributed by atoms with Crippen molar-refractivity contribution in [3.05, 3.63) is 23.8 Å². The second kappa shape index (κ2) is 4.19. The number of piperazine rings is 1. The van der Waals surface area contributed by atoms with Crippen LogP contribution in [0.15, 0.2) is 23.8 Å². The van der Waals surface area contributed by atoms with Gasteiger partial charge in [0.05, 0.1) is 18.5 Å². The molecule has 0 aromatic carbocycles. The molecule has 1 saturated carbocycles. The highest BCUT2D eigenvalue weighted by molar-refractivity contribution is 6.36. The molecule has 0 bridgehead atoms. The van der Waals surface area contributed by atoms with Gasteiger partial charge in [-0.05, 0) is 6.42 Å². The van der Waals surface area contributed by atoms with E-state index in [4.69, 9.17) is 0 Å². The predicted octanol–water partition coefficient (Wildman–Crippen LogP) is -0.0333. The van der Waals surface area contributed by atoms with E-state index in [1.165, 1.54) is 0 Å². The lowest BCUT2D eigenvalue weighted by Crippen LogP contribution is -2.64. The fourth-order valence-corrected chi connectivity index (χ4v) is 3.79. The molecule has 3 aliphatic rings. The molecule has 6 nitrogen and oxygen atoms in total. The quantitative estimate of drug-likeness (QED) is 0.617. The monoisotopic (exact) mass is 276 g/mol. The Morgan fingerprint density at radius 1 is 1.40 bits per heavy atom. The number of carboxylic acids is 1. The van der Waals surface area contributed by atoms with Gasteiger partial charge in [0.15, 0.2) is 0 Å². The van der Waals surface area contributed by atoms with Crippen molar-refractivity contribution in [2.75, 3.05) is 0 Å². The third-order valence-corrected chi connectivity index (χ3v) is 4.65. The first-order chi connectivity index (χ1) is 9.43. The maximum absolute atomic E-state index is 11.6. The molecule has 2 fully saturated rings. The van der Waals surface area contributed by atoms with Crippen molar-refractivity contribution in [1.29, 1.82) is 0 Å². The summed E-state index contributed by atoms with van der Waals surface area (Å²) < 4.78 is 0. The van der Waals surface area contributed by atoms with Crippen LogP contribution in [0.25, 0.3) is 0 Å². The maximum Gasteiger partial charge on any atom is 0.309 e. The molecule has 0 spiro atoms. The normalized spacial score (nSPS) is 38.5. The Morgan fingerprint density at radius 3 is 2.80 bits per heavy atom. The van der Waals surface area contributed by atoms with Gasteiger partial charge in [-0.1, -0.05) is 30.7 Å². The number of allylic oxidation sites excluding steroid dienone is 3. The summed E-state index contributed by atoms with van der Waals surface area (Å²) in [7, 11) is 0. The minimum atomic E-state index is -0.909. The molecule has 1 saturated heterocycles. The summed E-state index contributed by atoms with van der Waals surface area (Å²) >= 11 is 0. The lowest BCUT2D eigenvalue weighted by Gasteiger charge is -2.36. The Morgan fingerprint density at radius 2 is 2.10 bits per heavy atom. The minimum Gasteiger partial charge on any atom is -0.481 e. The predicted molar refractivity (Wildman–Crippen MR) is 69.6 cm³/mol. The van der Waals surface area contributed by atoms with Gasteiger partial charge in [0, 0.05) is 11.3 Å². The van der Waals surface area contributed by atoms with Gasteiger partial charge in [-0.25, -0.2) is 0 Å². The number of nitrogens with one attached hydrogen (secondary N) is 2. The fraction of sp³-hybridized carbons (Fsp3) is 0.500. The summed E-state index contributed by atoms with van der Waals surface area (Å²) in [5.41, 5.74) is 0.329. The third kappa shape index (κ3) is 1.67. The zero-order valence-corrected chi connectivity index (χ0v) is 11.1. The van der Waals surface area contributed by atoms with E-state index in [-0.39, 0.29) is 24.4 Å². The van der Waals surface area contributed by atoms with Crippen molar-refractivity contribution in [2.45, 2.75) is 31.8 Å². The van der Waals surface area contributed by atoms with Crippen LogP contribution < -0.4 is 10.6 Å². The van der Waals surface area contributed by atoms with Gasteiger partial charge < -0.3 is 15.7 Å². The molecule has 3 rings (SSSR count). The standard InChI is InChI=1S/C14H16N2O4/c1-14(6-9(17)18)8-5-3-2-4-7(8)10-11(14)16-13(20)12(19)15-10/h2-3,5,7,10-11H,4,6H2,1H3,(H,15,19)(H,16,20)(H,17,18). The van der Waals surface area contributed by atoms with E-state index < -0.39 is 23.2 Å². The highest BCUT2D eigenvalue weighted by Gasteiger charge is 2.58. The Bertz CT molecular complexity index is 566. The van der Waals surface area contributed by atoms with Crippen LogP contribution in [0.3, 0.4) is 0 Å². The number of amides is 2. The van der Waals surface area contributed by atoms with Crippen LogP contribution in [0.2, 0.25) is 0 Å². The second-order valence-corrected chi connectivity index (χ2v) is 5.83. The van der Waals surface area contributed by atoms with Crippen LogP contribution in [0.4, 0.5) is 0 Å². The first-order valence-electron chi connectivity index (χ1n) is 6.64. The number of rotatable bonds is 2. The van der Waals surface area contributed by atoms with Gasteiger partial charge in [0.2, 0.25) is 0 Å². The van der Waals surface area contributed by atoms with Crippen molar-refractivity contribution < 1.29 is 19.5 Å². The zero-order valence-electron chi connectivity index (χ0n) is 11.1. The van der Waals surface area contributed by atoms with E-state index >= 15 is 0 Å². The van der Waals surface area contributed by atoms with Gasteiger partial charge in [0.1, 0.15) is 0 Å². The molecule has 6 heteroatoms. The number of hydrogen-bond acceptors (Lipinski definition) is 3. The molecule has 2 amide bonds. The van der Waals surface area contributed by atoms with Gasteiger partial charge in [-0.2, -0.15) is 0 Å². The topological polar surface area (TPSA) is 95.5 Å². The average molecular weight is 276 g/mol. The molecule has 4 atom stereocenters. The fourth-order valence-electron chi connectivity index (χ4n) is 3.79. The molecule has 0 aromatic rings. The number of carboxylic acid groups (broad SMARTS) is 1. The number of fused-ring (bicyclic) bond motifs is 3. The van der Waals surface area contributed by atoms with Gasteiger partial charge in [0.25, 0.3) is 0 Å². The van der Waals surface area contributed by atoms with E-state index in [0.717, 1.165) is 12.0 Å². The molecule has 20 heavy (non-hydrogen) atoms. The number of carbonyl (C=O) groups excluding carboxylic acids is 2. The SMILES string of the molecule is CC1(CC(=O)O)C2=CC=CCC2C2NC(=O)C(=O)NC21. The van der Waals surface area contributed by atoms with Crippen molar-refractivity contribution in [3.63, 3.8) is 0 Å². The minimum absolute atomic E-state index is 0.0545. The van der Waals surface area contributed by atoms with Crippen LogP contribution in [-0.4, -0.2) is 35.0 Å². The van der Waals surface area contributed by atoms with Crippen LogP contribution in [0.5, 0.6) is 0 Å². The summed E-state index contributed by atoms with van der Waals surface area (Å²) in [5, 5.41) is 14.6. The molecule has 2 aliphatic carbocycles. The Labute approximate surface area is 115 Å². The van der Waals surface area contributed by atoms with Crippen LogP contribution in [0, 0.1) is 11.3 Å². The Hall–Kier alpha value is -2.11. The van der Waals surface area contributed by atoms with Crippen LogP contribution >= 0.6 is 0 Å². The Balaban J connectivity index is 2.04. The molecule has 0 aromatic heterocycles. The van der Waals surface area contributed by atoms with Crippen LogP contribution in [-0.2, 0) is 14.4 Å². The first kappa shape index (κ1) is 12.9. The largest absolute Gasteiger partial charge is 0.481 e. The van der Waals surface area contributed by atoms with Crippen molar-refractivity contribution in [1.82, 2.24) is 10.6 Å². The summed E-state index contributed by atoms with van der Waals surface area (Å²) in [6, 6.07) is -0.610. The lowest BCUT2D eigenvalue weighted by atomic mass is 9.75. The second-order valence-electron chi connectivity index (χ2n) is 5.83. The Kier molecular flexibility index (Phi) is 2.70. The first-order valence-corrected chi connectivity index (χ1v) is 6.64. The maximum atomic E-state index is 11.6. The lowest BCUT2D eigenvalue weighted by molar-refractivity contribution is -0.144. The highest BCUT2D eigenvalue weighted by Crippen LogP contribution is 2.52. The number of hydrogen-bond donors (Lipinski definition) is 3. The number of aliphatic carboxylic acids is 1. The molecule has 1 heterocycles. The van der Waals surface area contributed by atoms with Crippen molar-refractivity contribution in [3.8, 4) is 0 Å². The summed E-state index contributed by atoms with van der Waals surface area (Å²) in [4.78, 5) is 34.4. The van der Waals surface area contributed by atoms with Crippen LogP contribution in [0.1, 0.15) is 19.8 Å². The van der Waals surface area contributed by atoms with Gasteiger partial charge in [-0.15, -0.1) is 0 Å². The van der Waals surface area contributed by atoms with E-state index in [1.54, 1.807) is 0 Å². The van der Waals surface area contributed by atoms with Gasteiger partial charge >= 0.3 is 17.8 Å². The van der Waals surface area contributed by atoms with E-state index in [9.17, 15) is 19.5 Å². The van der Waals surface area contributed by atoms with Gasteiger partial charge in [-0.3, -0.25) is 14.4 Å². The zero-order chi connectivity index (χ0) is 14.5. The molecular weight excluding hydrogens is 260 g/mol.